The number of benzene rings is 1. The number of rotatable bonds is 4. The summed E-state index contributed by atoms with van der Waals surface area (Å²) >= 11 is 12.3. The molecular weight excluding hydrogens is 359 g/mol. The molecular formula is C15H22Cl2N2O3S. The fourth-order valence-corrected chi connectivity index (χ4v) is 4.31. The van der Waals surface area contributed by atoms with E-state index in [4.69, 9.17) is 23.2 Å². The third-order valence-electron chi connectivity index (χ3n) is 3.14. The third-order valence-corrected chi connectivity index (χ3v) is 6.10. The number of hydrogen-bond donors (Lipinski definition) is 1. The molecule has 0 saturated heterocycles. The molecule has 0 aliphatic carbocycles. The number of halogens is 2. The molecule has 0 heterocycles. The summed E-state index contributed by atoms with van der Waals surface area (Å²) in [4.78, 5) is 11.9. The van der Waals surface area contributed by atoms with Crippen molar-refractivity contribution in [1.29, 1.82) is 0 Å². The lowest BCUT2D eigenvalue weighted by Crippen LogP contribution is -2.46. The Kier molecular flexibility index (Phi) is 6.13. The molecule has 5 nitrogen and oxygen atoms in total. The van der Waals surface area contributed by atoms with Gasteiger partial charge >= 0.3 is 0 Å². The van der Waals surface area contributed by atoms with Gasteiger partial charge in [-0.2, -0.15) is 4.31 Å². The van der Waals surface area contributed by atoms with E-state index in [1.807, 2.05) is 20.8 Å². The molecule has 0 aliphatic heterocycles. The molecule has 8 heteroatoms. The van der Waals surface area contributed by atoms with Gasteiger partial charge in [0.05, 0.1) is 11.6 Å². The maximum Gasteiger partial charge on any atom is 0.245 e. The number of hydrogen-bond acceptors (Lipinski definition) is 3. The van der Waals surface area contributed by atoms with E-state index in [0.29, 0.717) is 16.1 Å². The predicted octanol–water partition coefficient (Wildman–Crippen LogP) is 3.15. The Labute approximate surface area is 148 Å². The molecule has 0 aromatic heterocycles. The number of nitrogens with zero attached hydrogens (tertiary/aromatic N) is 1. The molecule has 1 N–H and O–H groups in total. The quantitative estimate of drug-likeness (QED) is 0.871. The predicted molar refractivity (Wildman–Crippen MR) is 93.6 cm³/mol. The van der Waals surface area contributed by atoms with Crippen molar-refractivity contribution < 1.29 is 13.2 Å². The van der Waals surface area contributed by atoms with Gasteiger partial charge in [-0.3, -0.25) is 4.79 Å². The Morgan fingerprint density at radius 2 is 1.78 bits per heavy atom. The van der Waals surface area contributed by atoms with Gasteiger partial charge in [0, 0.05) is 17.6 Å². The molecule has 0 aliphatic rings. The van der Waals surface area contributed by atoms with Gasteiger partial charge in [-0.05, 0) is 51.8 Å². The van der Waals surface area contributed by atoms with Crippen LogP contribution in [-0.2, 0) is 14.8 Å². The van der Waals surface area contributed by atoms with Gasteiger partial charge in [-0.25, -0.2) is 8.42 Å². The zero-order chi connectivity index (χ0) is 18.2. The number of nitrogens with one attached hydrogen (secondary N) is 1. The Morgan fingerprint density at radius 1 is 1.26 bits per heavy atom. The van der Waals surface area contributed by atoms with Crippen molar-refractivity contribution in [1.82, 2.24) is 9.62 Å². The van der Waals surface area contributed by atoms with E-state index < -0.39 is 21.5 Å². The highest BCUT2D eigenvalue weighted by atomic mass is 35.5. The van der Waals surface area contributed by atoms with Gasteiger partial charge in [-0.1, -0.05) is 23.2 Å². The monoisotopic (exact) mass is 380 g/mol. The molecule has 0 atom stereocenters. The average Bonchev–Trinajstić information content (AvgIpc) is 2.33. The maximum atomic E-state index is 12.8. The summed E-state index contributed by atoms with van der Waals surface area (Å²) in [5.74, 6) is -0.392. The summed E-state index contributed by atoms with van der Waals surface area (Å²) in [7, 11) is -2.60. The fourth-order valence-electron chi connectivity index (χ4n) is 2.02. The minimum Gasteiger partial charge on any atom is -0.350 e. The molecule has 1 aromatic rings. The molecule has 0 spiro atoms. The van der Waals surface area contributed by atoms with Crippen LogP contribution in [-0.4, -0.2) is 37.8 Å². The normalized spacial score (nSPS) is 12.6. The average molecular weight is 381 g/mol. The number of sulfonamides is 1. The lowest BCUT2D eigenvalue weighted by Gasteiger charge is -2.24. The Hall–Kier alpha value is -0.820. The van der Waals surface area contributed by atoms with Crippen LogP contribution in [0, 0.1) is 13.8 Å². The fraction of sp³-hybridized carbons (Fsp3) is 0.533. The maximum absolute atomic E-state index is 12.8. The summed E-state index contributed by atoms with van der Waals surface area (Å²) in [6.07, 6.45) is 0. The minimum atomic E-state index is -3.94. The zero-order valence-corrected chi connectivity index (χ0v) is 16.4. The zero-order valence-electron chi connectivity index (χ0n) is 14.1. The van der Waals surface area contributed by atoms with Crippen LogP contribution in [0.15, 0.2) is 11.0 Å². The molecule has 1 amide bonds. The van der Waals surface area contributed by atoms with E-state index in [2.05, 4.69) is 5.32 Å². The number of carbonyl (C=O) groups is 1. The van der Waals surface area contributed by atoms with Crippen LogP contribution in [0.3, 0.4) is 0 Å². The first-order valence-corrected chi connectivity index (χ1v) is 9.19. The summed E-state index contributed by atoms with van der Waals surface area (Å²) in [6.45, 7) is 8.42. The van der Waals surface area contributed by atoms with E-state index in [0.717, 1.165) is 4.31 Å². The Bertz CT molecular complexity index is 699. The van der Waals surface area contributed by atoms with Gasteiger partial charge in [0.2, 0.25) is 15.9 Å². The van der Waals surface area contributed by atoms with Crippen LogP contribution in [0.2, 0.25) is 10.0 Å². The minimum absolute atomic E-state index is 0.0600. The molecule has 0 bridgehead atoms. The van der Waals surface area contributed by atoms with Gasteiger partial charge < -0.3 is 5.32 Å². The molecule has 0 unspecified atom stereocenters. The third kappa shape index (κ3) is 4.83. The van der Waals surface area contributed by atoms with Crippen molar-refractivity contribution in [3.8, 4) is 0 Å². The van der Waals surface area contributed by atoms with E-state index in [9.17, 15) is 13.2 Å². The molecule has 0 radical (unpaired) electrons. The van der Waals surface area contributed by atoms with Crippen molar-refractivity contribution in [2.45, 2.75) is 45.1 Å². The second kappa shape index (κ2) is 6.97. The van der Waals surface area contributed by atoms with Crippen LogP contribution in [0.5, 0.6) is 0 Å². The lowest BCUT2D eigenvalue weighted by atomic mass is 10.1. The second-order valence-corrected chi connectivity index (χ2v) is 9.27. The highest BCUT2D eigenvalue weighted by Gasteiger charge is 2.29. The first kappa shape index (κ1) is 20.2. The Morgan fingerprint density at radius 3 is 2.26 bits per heavy atom. The van der Waals surface area contributed by atoms with Crippen LogP contribution < -0.4 is 5.32 Å². The summed E-state index contributed by atoms with van der Waals surface area (Å²) in [5.41, 5.74) is 0.487. The first-order valence-electron chi connectivity index (χ1n) is 7.00. The van der Waals surface area contributed by atoms with Crippen LogP contribution in [0.1, 0.15) is 31.9 Å². The molecule has 0 saturated carbocycles. The summed E-state index contributed by atoms with van der Waals surface area (Å²) in [6, 6.07) is 1.62. The summed E-state index contributed by atoms with van der Waals surface area (Å²) in [5, 5.41) is 3.16. The van der Waals surface area contributed by atoms with Crippen LogP contribution >= 0.6 is 23.2 Å². The van der Waals surface area contributed by atoms with Crippen molar-refractivity contribution >= 4 is 39.1 Å². The van der Waals surface area contributed by atoms with Gasteiger partial charge in [0.25, 0.3) is 0 Å². The van der Waals surface area contributed by atoms with E-state index in [1.165, 1.54) is 7.05 Å². The number of likely N-dealkylation sites (N-methyl/N-ethyl adjacent to an activating group) is 1. The molecule has 1 aromatic carbocycles. The van der Waals surface area contributed by atoms with Crippen molar-refractivity contribution in [2.75, 3.05) is 13.6 Å². The number of aryl methyl sites for hydroxylation is 1. The van der Waals surface area contributed by atoms with Gasteiger partial charge in [0.15, 0.2) is 0 Å². The topological polar surface area (TPSA) is 66.5 Å². The highest BCUT2D eigenvalue weighted by molar-refractivity contribution is 7.89. The smallest absolute Gasteiger partial charge is 0.245 e. The molecule has 130 valence electrons. The van der Waals surface area contributed by atoms with E-state index >= 15 is 0 Å². The second-order valence-electron chi connectivity index (χ2n) is 6.50. The van der Waals surface area contributed by atoms with Crippen molar-refractivity contribution in [3.05, 3.63) is 27.2 Å². The van der Waals surface area contributed by atoms with Crippen LogP contribution in [0.25, 0.3) is 0 Å². The van der Waals surface area contributed by atoms with Crippen molar-refractivity contribution in [3.63, 3.8) is 0 Å². The van der Waals surface area contributed by atoms with Crippen molar-refractivity contribution in [2.24, 2.45) is 0 Å². The number of carbonyl (C=O) groups excluding carboxylic acids is 1. The lowest BCUT2D eigenvalue weighted by molar-refractivity contribution is -0.122. The Balaban J connectivity index is 3.20. The highest BCUT2D eigenvalue weighted by Crippen LogP contribution is 2.34. The van der Waals surface area contributed by atoms with Gasteiger partial charge in [-0.15, -0.1) is 0 Å². The number of amides is 1. The van der Waals surface area contributed by atoms with E-state index in [-0.39, 0.29) is 16.5 Å². The molecule has 1 rings (SSSR count). The first-order chi connectivity index (χ1) is 10.3. The SMILES string of the molecule is Cc1cc(Cl)c(C)c(S(=O)(=O)N(C)CC(=O)NC(C)(C)C)c1Cl. The van der Waals surface area contributed by atoms with E-state index in [1.54, 1.807) is 19.9 Å². The van der Waals surface area contributed by atoms with Crippen LogP contribution in [0.4, 0.5) is 0 Å². The molecule has 23 heavy (non-hydrogen) atoms. The van der Waals surface area contributed by atoms with Gasteiger partial charge in [0.1, 0.15) is 4.90 Å². The molecule has 0 fully saturated rings. The standard InChI is InChI=1S/C15H22Cl2N2O3S/c1-9-7-11(16)10(2)14(13(9)17)23(21,22)19(6)8-12(20)18-15(3,4)5/h7H,8H2,1-6H3,(H,18,20). The summed E-state index contributed by atoms with van der Waals surface area (Å²) < 4.78 is 26.5. The largest absolute Gasteiger partial charge is 0.350 e.